The molecule has 0 aromatic heterocycles. The van der Waals surface area contributed by atoms with Crippen molar-refractivity contribution in [3.05, 3.63) is 59.2 Å². The van der Waals surface area contributed by atoms with Crippen LogP contribution in [-0.4, -0.2) is 38.2 Å². The molecule has 0 atom stereocenters. The fraction of sp³-hybridized carbons (Fsp3) is 0.409. The van der Waals surface area contributed by atoms with Gasteiger partial charge in [-0.25, -0.2) is 4.79 Å². The molecule has 2 aromatic rings. The van der Waals surface area contributed by atoms with Crippen LogP contribution in [0.3, 0.4) is 0 Å². The first-order valence-electron chi connectivity index (χ1n) is 9.26. The Morgan fingerprint density at radius 2 is 1.78 bits per heavy atom. The zero-order chi connectivity index (χ0) is 19.4. The van der Waals surface area contributed by atoms with Crippen LogP contribution in [0.2, 0.25) is 0 Å². The van der Waals surface area contributed by atoms with Gasteiger partial charge in [-0.15, -0.1) is 0 Å². The first kappa shape index (κ1) is 19.1. The highest BCUT2D eigenvalue weighted by Crippen LogP contribution is 2.33. The molecule has 0 fully saturated rings. The van der Waals surface area contributed by atoms with E-state index in [0.29, 0.717) is 24.6 Å². The minimum Gasteiger partial charge on any atom is -0.493 e. The second kappa shape index (κ2) is 7.91. The Morgan fingerprint density at radius 1 is 1.07 bits per heavy atom. The monoisotopic (exact) mass is 368 g/mol. The number of nitrogens with zero attached hydrogens (tertiary/aromatic N) is 1. The van der Waals surface area contributed by atoms with Crippen LogP contribution >= 0.6 is 0 Å². The zero-order valence-electron chi connectivity index (χ0n) is 16.5. The molecule has 1 heterocycles. The first-order valence-corrected chi connectivity index (χ1v) is 9.26. The normalized spacial score (nSPS) is 13.7. The minimum absolute atomic E-state index is 0.0157. The third-order valence-electron chi connectivity index (χ3n) is 5.26. The second-order valence-electron chi connectivity index (χ2n) is 7.55. The number of amides is 2. The van der Waals surface area contributed by atoms with Gasteiger partial charge in [-0.1, -0.05) is 44.2 Å². The molecule has 0 spiro atoms. The average molecular weight is 368 g/mol. The molecule has 0 saturated carbocycles. The SMILES string of the molecule is COc1ccc(C(C)(C)CNC(=O)N2CCc3ccccc3C2)cc1OC. The molecule has 3 rings (SSSR count). The van der Waals surface area contributed by atoms with Gasteiger partial charge in [-0.3, -0.25) is 0 Å². The van der Waals surface area contributed by atoms with Crippen molar-refractivity contribution in [2.45, 2.75) is 32.2 Å². The van der Waals surface area contributed by atoms with Gasteiger partial charge >= 0.3 is 6.03 Å². The third kappa shape index (κ3) is 4.18. The Balaban J connectivity index is 1.64. The molecule has 0 unspecified atom stereocenters. The highest BCUT2D eigenvalue weighted by atomic mass is 16.5. The van der Waals surface area contributed by atoms with Crippen LogP contribution in [0.25, 0.3) is 0 Å². The molecule has 0 saturated heterocycles. The number of rotatable bonds is 5. The van der Waals surface area contributed by atoms with Gasteiger partial charge in [0, 0.05) is 25.0 Å². The van der Waals surface area contributed by atoms with E-state index in [0.717, 1.165) is 18.5 Å². The average Bonchev–Trinajstić information content (AvgIpc) is 2.71. The van der Waals surface area contributed by atoms with Crippen molar-refractivity contribution in [2.75, 3.05) is 27.3 Å². The lowest BCUT2D eigenvalue weighted by atomic mass is 9.84. The number of fused-ring (bicyclic) bond motifs is 1. The molecule has 1 aliphatic heterocycles. The fourth-order valence-electron chi connectivity index (χ4n) is 3.44. The molecule has 2 amide bonds. The third-order valence-corrected chi connectivity index (χ3v) is 5.26. The van der Waals surface area contributed by atoms with Crippen molar-refractivity contribution in [3.63, 3.8) is 0 Å². The summed E-state index contributed by atoms with van der Waals surface area (Å²) in [6, 6.07) is 14.2. The van der Waals surface area contributed by atoms with Gasteiger partial charge in [-0.05, 0) is 35.2 Å². The van der Waals surface area contributed by atoms with Crippen LogP contribution in [-0.2, 0) is 18.4 Å². The number of carbonyl (C=O) groups excluding carboxylic acids is 1. The number of ether oxygens (including phenoxy) is 2. The molecule has 1 N–H and O–H groups in total. The number of urea groups is 1. The van der Waals surface area contributed by atoms with Crippen LogP contribution in [0, 0.1) is 0 Å². The summed E-state index contributed by atoms with van der Waals surface area (Å²) in [7, 11) is 3.25. The standard InChI is InChI=1S/C22H28N2O3/c1-22(2,18-9-10-19(26-3)20(13-18)27-4)15-23-21(25)24-12-11-16-7-5-6-8-17(16)14-24/h5-10,13H,11-12,14-15H2,1-4H3,(H,23,25). The van der Waals surface area contributed by atoms with Gasteiger partial charge in [-0.2, -0.15) is 0 Å². The Bertz CT molecular complexity index is 817. The number of benzene rings is 2. The van der Waals surface area contributed by atoms with Gasteiger partial charge in [0.15, 0.2) is 11.5 Å². The van der Waals surface area contributed by atoms with Crippen molar-refractivity contribution >= 4 is 6.03 Å². The highest BCUT2D eigenvalue weighted by Gasteiger charge is 2.26. The number of carbonyl (C=O) groups is 1. The predicted molar refractivity (Wildman–Crippen MR) is 107 cm³/mol. The molecule has 0 aliphatic carbocycles. The van der Waals surface area contributed by atoms with E-state index < -0.39 is 0 Å². The van der Waals surface area contributed by atoms with Crippen LogP contribution in [0.4, 0.5) is 4.79 Å². The molecule has 0 bridgehead atoms. The van der Waals surface area contributed by atoms with Gasteiger partial charge < -0.3 is 19.7 Å². The first-order chi connectivity index (χ1) is 12.9. The number of hydrogen-bond acceptors (Lipinski definition) is 3. The van der Waals surface area contributed by atoms with Gasteiger partial charge in [0.25, 0.3) is 0 Å². The van der Waals surface area contributed by atoms with E-state index in [2.05, 4.69) is 37.4 Å². The largest absolute Gasteiger partial charge is 0.493 e. The maximum atomic E-state index is 12.7. The van der Waals surface area contributed by atoms with Gasteiger partial charge in [0.2, 0.25) is 0 Å². The summed E-state index contributed by atoms with van der Waals surface area (Å²) in [5.41, 5.74) is 3.43. The predicted octanol–water partition coefficient (Wildman–Crippen LogP) is 3.75. The second-order valence-corrected chi connectivity index (χ2v) is 7.55. The topological polar surface area (TPSA) is 50.8 Å². The summed E-state index contributed by atoms with van der Waals surface area (Å²) in [5, 5.41) is 3.10. The van der Waals surface area contributed by atoms with E-state index in [1.807, 2.05) is 29.2 Å². The molecule has 0 radical (unpaired) electrons. The zero-order valence-corrected chi connectivity index (χ0v) is 16.5. The van der Waals surface area contributed by atoms with Crippen molar-refractivity contribution < 1.29 is 14.3 Å². The Hall–Kier alpha value is -2.69. The van der Waals surface area contributed by atoms with Gasteiger partial charge in [0.1, 0.15) is 0 Å². The lowest BCUT2D eigenvalue weighted by Crippen LogP contribution is -2.46. The van der Waals surface area contributed by atoms with Crippen LogP contribution in [0.15, 0.2) is 42.5 Å². The fourth-order valence-corrected chi connectivity index (χ4v) is 3.44. The van der Waals surface area contributed by atoms with E-state index >= 15 is 0 Å². The van der Waals surface area contributed by atoms with Crippen LogP contribution in [0.1, 0.15) is 30.5 Å². The maximum Gasteiger partial charge on any atom is 0.317 e. The maximum absolute atomic E-state index is 12.7. The smallest absolute Gasteiger partial charge is 0.317 e. The van der Waals surface area contributed by atoms with Crippen molar-refractivity contribution in [2.24, 2.45) is 0 Å². The molecule has 27 heavy (non-hydrogen) atoms. The molecule has 1 aliphatic rings. The molecule has 5 nitrogen and oxygen atoms in total. The van der Waals surface area contributed by atoms with E-state index in [1.165, 1.54) is 11.1 Å². The van der Waals surface area contributed by atoms with Gasteiger partial charge in [0.05, 0.1) is 14.2 Å². The Kier molecular flexibility index (Phi) is 5.59. The number of hydrogen-bond donors (Lipinski definition) is 1. The Labute approximate surface area is 161 Å². The molecular weight excluding hydrogens is 340 g/mol. The Morgan fingerprint density at radius 3 is 2.48 bits per heavy atom. The molecule has 144 valence electrons. The summed E-state index contributed by atoms with van der Waals surface area (Å²) in [6.07, 6.45) is 0.905. The van der Waals surface area contributed by atoms with Crippen molar-refractivity contribution in [3.8, 4) is 11.5 Å². The number of nitrogens with one attached hydrogen (secondary N) is 1. The molecule has 2 aromatic carbocycles. The molecule has 5 heteroatoms. The summed E-state index contributed by atoms with van der Waals surface area (Å²) in [5.74, 6) is 1.40. The van der Waals surface area contributed by atoms with Crippen molar-refractivity contribution in [1.29, 1.82) is 0 Å². The van der Waals surface area contributed by atoms with E-state index in [9.17, 15) is 4.79 Å². The highest BCUT2D eigenvalue weighted by molar-refractivity contribution is 5.74. The summed E-state index contributed by atoms with van der Waals surface area (Å²) in [4.78, 5) is 14.6. The summed E-state index contributed by atoms with van der Waals surface area (Å²) in [6.45, 7) is 6.18. The number of methoxy groups -OCH3 is 2. The lowest BCUT2D eigenvalue weighted by Gasteiger charge is -2.31. The summed E-state index contributed by atoms with van der Waals surface area (Å²) >= 11 is 0. The summed E-state index contributed by atoms with van der Waals surface area (Å²) < 4.78 is 10.7. The molecular formula is C22H28N2O3. The quantitative estimate of drug-likeness (QED) is 0.874. The lowest BCUT2D eigenvalue weighted by molar-refractivity contribution is 0.190. The van der Waals surface area contributed by atoms with E-state index in [1.54, 1.807) is 14.2 Å². The minimum atomic E-state index is -0.233. The van der Waals surface area contributed by atoms with Crippen molar-refractivity contribution in [1.82, 2.24) is 10.2 Å². The van der Waals surface area contributed by atoms with Crippen LogP contribution in [0.5, 0.6) is 11.5 Å². The van der Waals surface area contributed by atoms with E-state index in [-0.39, 0.29) is 11.4 Å². The van der Waals surface area contributed by atoms with E-state index in [4.69, 9.17) is 9.47 Å². The van der Waals surface area contributed by atoms with Crippen LogP contribution < -0.4 is 14.8 Å².